The molecule has 0 fully saturated rings. The molecule has 0 unspecified atom stereocenters. The van der Waals surface area contributed by atoms with E-state index in [4.69, 9.17) is 14.6 Å². The van der Waals surface area contributed by atoms with Gasteiger partial charge in [-0.25, -0.2) is 4.98 Å². The molecule has 0 saturated heterocycles. The summed E-state index contributed by atoms with van der Waals surface area (Å²) in [6.45, 7) is 10.2. The SMILES string of the molecule is CC[C@@H](C)Nc1nc(C)nc2c(-c3c(C)cc(OC)cc3OC)c(C)nn12. The van der Waals surface area contributed by atoms with E-state index in [1.54, 1.807) is 18.7 Å². The first kappa shape index (κ1) is 18.9. The summed E-state index contributed by atoms with van der Waals surface area (Å²) in [6.07, 6.45) is 0.989. The molecule has 2 aromatic heterocycles. The third-order valence-electron chi connectivity index (χ3n) is 4.74. The Kier molecular flexibility index (Phi) is 5.21. The third kappa shape index (κ3) is 3.41. The largest absolute Gasteiger partial charge is 0.497 e. The molecule has 27 heavy (non-hydrogen) atoms. The molecule has 0 amide bonds. The van der Waals surface area contributed by atoms with Crippen LogP contribution >= 0.6 is 0 Å². The van der Waals surface area contributed by atoms with Crippen molar-refractivity contribution in [1.82, 2.24) is 19.6 Å². The second-order valence-corrected chi connectivity index (χ2v) is 6.77. The Morgan fingerprint density at radius 3 is 2.44 bits per heavy atom. The van der Waals surface area contributed by atoms with E-state index in [9.17, 15) is 0 Å². The van der Waals surface area contributed by atoms with E-state index in [1.165, 1.54) is 0 Å². The van der Waals surface area contributed by atoms with Gasteiger partial charge in [-0.1, -0.05) is 6.92 Å². The fourth-order valence-electron chi connectivity index (χ4n) is 3.18. The number of rotatable bonds is 6. The minimum absolute atomic E-state index is 0.285. The number of hydrogen-bond donors (Lipinski definition) is 1. The molecule has 0 saturated carbocycles. The molecule has 144 valence electrons. The van der Waals surface area contributed by atoms with Crippen LogP contribution in [-0.4, -0.2) is 39.8 Å². The smallest absolute Gasteiger partial charge is 0.227 e. The molecule has 0 aliphatic carbocycles. The van der Waals surface area contributed by atoms with Crippen molar-refractivity contribution in [2.45, 2.75) is 47.1 Å². The summed E-state index contributed by atoms with van der Waals surface area (Å²) < 4.78 is 12.8. The van der Waals surface area contributed by atoms with Crippen molar-refractivity contribution in [1.29, 1.82) is 0 Å². The summed E-state index contributed by atoms with van der Waals surface area (Å²) in [5.41, 5.74) is 4.59. The van der Waals surface area contributed by atoms with Crippen LogP contribution in [0.25, 0.3) is 16.8 Å². The normalized spacial score (nSPS) is 12.3. The summed E-state index contributed by atoms with van der Waals surface area (Å²) in [7, 11) is 3.31. The van der Waals surface area contributed by atoms with Crippen molar-refractivity contribution >= 4 is 11.6 Å². The summed E-state index contributed by atoms with van der Waals surface area (Å²) in [5.74, 6) is 2.88. The number of nitrogens with zero attached hydrogens (tertiary/aromatic N) is 4. The fourth-order valence-corrected chi connectivity index (χ4v) is 3.18. The molecule has 1 aromatic carbocycles. The Balaban J connectivity index is 2.29. The van der Waals surface area contributed by atoms with Crippen LogP contribution in [0.15, 0.2) is 12.1 Å². The summed E-state index contributed by atoms with van der Waals surface area (Å²) in [6, 6.07) is 4.16. The molecule has 1 atom stereocenters. The number of aryl methyl sites for hydroxylation is 3. The molecule has 3 aromatic rings. The standard InChI is InChI=1S/C20H27N5O2/c1-8-12(3)21-20-23-14(5)22-19-18(13(4)24-25(19)20)17-11(2)9-15(26-6)10-16(17)27-7/h9-10,12H,8H2,1-7H3,(H,21,22,23)/t12-/m1/s1. The van der Waals surface area contributed by atoms with Crippen LogP contribution in [0.2, 0.25) is 0 Å². The van der Waals surface area contributed by atoms with E-state index < -0.39 is 0 Å². The molecule has 2 heterocycles. The Morgan fingerprint density at radius 1 is 1.07 bits per heavy atom. The highest BCUT2D eigenvalue weighted by atomic mass is 16.5. The third-order valence-corrected chi connectivity index (χ3v) is 4.74. The van der Waals surface area contributed by atoms with Crippen LogP contribution in [0.3, 0.4) is 0 Å². The summed E-state index contributed by atoms with van der Waals surface area (Å²) >= 11 is 0. The van der Waals surface area contributed by atoms with E-state index in [0.717, 1.165) is 46.0 Å². The Hall–Kier alpha value is -2.83. The van der Waals surface area contributed by atoms with Gasteiger partial charge in [0.05, 0.1) is 25.5 Å². The topological polar surface area (TPSA) is 73.6 Å². The lowest BCUT2D eigenvalue weighted by Gasteiger charge is -2.15. The molecule has 7 nitrogen and oxygen atoms in total. The van der Waals surface area contributed by atoms with E-state index in [1.807, 2.05) is 32.9 Å². The average Bonchev–Trinajstić information content (AvgIpc) is 2.96. The van der Waals surface area contributed by atoms with Gasteiger partial charge in [0, 0.05) is 17.7 Å². The summed E-state index contributed by atoms with van der Waals surface area (Å²) in [4.78, 5) is 9.25. The Labute approximate surface area is 159 Å². The van der Waals surface area contributed by atoms with Gasteiger partial charge < -0.3 is 14.8 Å². The highest BCUT2D eigenvalue weighted by Gasteiger charge is 2.22. The monoisotopic (exact) mass is 369 g/mol. The maximum Gasteiger partial charge on any atom is 0.227 e. The number of nitrogens with one attached hydrogen (secondary N) is 1. The van der Waals surface area contributed by atoms with Crippen LogP contribution < -0.4 is 14.8 Å². The Morgan fingerprint density at radius 2 is 1.81 bits per heavy atom. The van der Waals surface area contributed by atoms with Crippen molar-refractivity contribution in [3.63, 3.8) is 0 Å². The first-order chi connectivity index (χ1) is 12.9. The minimum atomic E-state index is 0.285. The van der Waals surface area contributed by atoms with E-state index in [0.29, 0.717) is 11.8 Å². The second-order valence-electron chi connectivity index (χ2n) is 6.77. The number of ether oxygens (including phenoxy) is 2. The highest BCUT2D eigenvalue weighted by molar-refractivity contribution is 5.86. The van der Waals surface area contributed by atoms with Gasteiger partial charge in [-0.15, -0.1) is 0 Å². The number of anilines is 1. The first-order valence-electron chi connectivity index (χ1n) is 9.13. The molecule has 7 heteroatoms. The molecule has 0 aliphatic heterocycles. The zero-order valence-corrected chi connectivity index (χ0v) is 17.0. The number of aromatic nitrogens is 4. The van der Waals surface area contributed by atoms with E-state index in [2.05, 4.69) is 29.1 Å². The molecular weight excluding hydrogens is 342 g/mol. The van der Waals surface area contributed by atoms with Crippen LogP contribution in [0.5, 0.6) is 11.5 Å². The second kappa shape index (κ2) is 7.42. The summed E-state index contributed by atoms with van der Waals surface area (Å²) in [5, 5.41) is 8.15. The molecule has 3 rings (SSSR count). The lowest BCUT2D eigenvalue weighted by molar-refractivity contribution is 0.395. The van der Waals surface area contributed by atoms with Gasteiger partial charge in [-0.05, 0) is 45.7 Å². The van der Waals surface area contributed by atoms with Crippen LogP contribution in [0.1, 0.15) is 37.4 Å². The Bertz CT molecular complexity index is 980. The predicted octanol–water partition coefficient (Wildman–Crippen LogP) is 3.94. The fraction of sp³-hybridized carbons (Fsp3) is 0.450. The zero-order valence-electron chi connectivity index (χ0n) is 17.0. The quantitative estimate of drug-likeness (QED) is 0.709. The van der Waals surface area contributed by atoms with Crippen molar-refractivity contribution in [2.75, 3.05) is 19.5 Å². The maximum absolute atomic E-state index is 5.66. The minimum Gasteiger partial charge on any atom is -0.497 e. The van der Waals surface area contributed by atoms with E-state index >= 15 is 0 Å². The number of benzene rings is 1. The van der Waals surface area contributed by atoms with E-state index in [-0.39, 0.29) is 6.04 Å². The van der Waals surface area contributed by atoms with Gasteiger partial charge in [0.1, 0.15) is 17.3 Å². The number of fused-ring (bicyclic) bond motifs is 1. The predicted molar refractivity (Wildman–Crippen MR) is 107 cm³/mol. The average molecular weight is 369 g/mol. The molecule has 0 bridgehead atoms. The van der Waals surface area contributed by atoms with Gasteiger partial charge in [0.25, 0.3) is 0 Å². The van der Waals surface area contributed by atoms with Crippen LogP contribution in [0.4, 0.5) is 5.95 Å². The highest BCUT2D eigenvalue weighted by Crippen LogP contribution is 2.40. The molecule has 0 aliphatic rings. The van der Waals surface area contributed by atoms with Gasteiger partial charge in [-0.2, -0.15) is 14.6 Å². The van der Waals surface area contributed by atoms with Gasteiger partial charge in [0.2, 0.25) is 5.95 Å². The van der Waals surface area contributed by atoms with Crippen molar-refractivity contribution in [3.05, 3.63) is 29.2 Å². The maximum atomic E-state index is 5.66. The van der Waals surface area contributed by atoms with Crippen molar-refractivity contribution in [2.24, 2.45) is 0 Å². The van der Waals surface area contributed by atoms with Gasteiger partial charge in [-0.3, -0.25) is 0 Å². The van der Waals surface area contributed by atoms with Crippen LogP contribution in [0, 0.1) is 20.8 Å². The zero-order chi connectivity index (χ0) is 19.7. The van der Waals surface area contributed by atoms with Crippen LogP contribution in [-0.2, 0) is 0 Å². The number of hydrogen-bond acceptors (Lipinski definition) is 6. The lowest BCUT2D eigenvalue weighted by Crippen LogP contribution is -2.18. The molecule has 0 radical (unpaired) electrons. The first-order valence-corrected chi connectivity index (χ1v) is 9.13. The lowest BCUT2D eigenvalue weighted by atomic mass is 9.99. The van der Waals surface area contributed by atoms with Gasteiger partial charge in [0.15, 0.2) is 5.65 Å². The van der Waals surface area contributed by atoms with Crippen molar-refractivity contribution < 1.29 is 9.47 Å². The molecular formula is C20H27N5O2. The molecule has 1 N–H and O–H groups in total. The van der Waals surface area contributed by atoms with Crippen molar-refractivity contribution in [3.8, 4) is 22.6 Å². The number of methoxy groups -OCH3 is 2. The van der Waals surface area contributed by atoms with Gasteiger partial charge >= 0.3 is 0 Å². The molecule has 0 spiro atoms.